The van der Waals surface area contributed by atoms with Crippen molar-refractivity contribution < 1.29 is 14.3 Å². The molecule has 0 aromatic heterocycles. The van der Waals surface area contributed by atoms with E-state index in [9.17, 15) is 4.79 Å². The Kier molecular flexibility index (Phi) is 5.80. The summed E-state index contributed by atoms with van der Waals surface area (Å²) in [4.78, 5) is 12.2. The minimum atomic E-state index is -0.196. The highest BCUT2D eigenvalue weighted by Crippen LogP contribution is 2.29. The summed E-state index contributed by atoms with van der Waals surface area (Å²) in [6.07, 6.45) is 4.04. The van der Waals surface area contributed by atoms with Crippen molar-refractivity contribution in [1.82, 2.24) is 0 Å². The highest BCUT2D eigenvalue weighted by molar-refractivity contribution is 6.02. The van der Waals surface area contributed by atoms with Gasteiger partial charge in [0, 0.05) is 11.8 Å². The number of aryl methyl sites for hydroxylation is 1. The molecule has 0 aliphatic heterocycles. The Morgan fingerprint density at radius 1 is 1.04 bits per heavy atom. The Labute approximate surface area is 136 Å². The number of amides is 1. The maximum atomic E-state index is 12.2. The van der Waals surface area contributed by atoms with Crippen LogP contribution >= 0.6 is 0 Å². The van der Waals surface area contributed by atoms with Crippen LogP contribution in [0.5, 0.6) is 11.5 Å². The van der Waals surface area contributed by atoms with Crippen molar-refractivity contribution in [2.75, 3.05) is 19.5 Å². The molecule has 0 spiro atoms. The SMILES string of the molecule is CCc1ccccc1NC(=O)C=Cc1c(OC)cccc1OC. The number of anilines is 1. The average molecular weight is 311 g/mol. The van der Waals surface area contributed by atoms with E-state index in [1.165, 1.54) is 6.08 Å². The van der Waals surface area contributed by atoms with E-state index in [1.807, 2.05) is 42.5 Å². The molecule has 4 nitrogen and oxygen atoms in total. The zero-order chi connectivity index (χ0) is 16.7. The van der Waals surface area contributed by atoms with Gasteiger partial charge in [0.2, 0.25) is 5.91 Å². The van der Waals surface area contributed by atoms with E-state index in [0.29, 0.717) is 11.5 Å². The zero-order valence-electron chi connectivity index (χ0n) is 13.6. The zero-order valence-corrected chi connectivity index (χ0v) is 13.6. The predicted molar refractivity (Wildman–Crippen MR) is 93.0 cm³/mol. The number of rotatable bonds is 6. The van der Waals surface area contributed by atoms with Gasteiger partial charge in [0.25, 0.3) is 0 Å². The fraction of sp³-hybridized carbons (Fsp3) is 0.211. The summed E-state index contributed by atoms with van der Waals surface area (Å²) in [5.41, 5.74) is 2.66. The standard InChI is InChI=1S/C19H21NO3/c1-4-14-8-5-6-9-16(14)20-19(21)13-12-15-17(22-2)10-7-11-18(15)23-3/h5-13H,4H2,1-3H3,(H,20,21). The third kappa shape index (κ3) is 4.13. The van der Waals surface area contributed by atoms with Crippen LogP contribution in [0.3, 0.4) is 0 Å². The van der Waals surface area contributed by atoms with Gasteiger partial charge in [0.1, 0.15) is 11.5 Å². The Morgan fingerprint density at radius 2 is 1.70 bits per heavy atom. The second kappa shape index (κ2) is 8.03. The van der Waals surface area contributed by atoms with Crippen LogP contribution in [-0.2, 0) is 11.2 Å². The monoisotopic (exact) mass is 311 g/mol. The van der Waals surface area contributed by atoms with E-state index in [1.54, 1.807) is 20.3 Å². The van der Waals surface area contributed by atoms with Gasteiger partial charge in [-0.15, -0.1) is 0 Å². The minimum Gasteiger partial charge on any atom is -0.496 e. The number of para-hydroxylation sites is 1. The van der Waals surface area contributed by atoms with E-state index in [0.717, 1.165) is 23.2 Å². The van der Waals surface area contributed by atoms with Gasteiger partial charge in [0.05, 0.1) is 19.8 Å². The molecule has 0 bridgehead atoms. The van der Waals surface area contributed by atoms with Crippen LogP contribution < -0.4 is 14.8 Å². The Hall–Kier alpha value is -2.75. The number of benzene rings is 2. The molecule has 0 radical (unpaired) electrons. The minimum absolute atomic E-state index is 0.196. The van der Waals surface area contributed by atoms with Gasteiger partial charge in [0.15, 0.2) is 0 Å². The molecule has 0 heterocycles. The summed E-state index contributed by atoms with van der Waals surface area (Å²) < 4.78 is 10.6. The lowest BCUT2D eigenvalue weighted by Crippen LogP contribution is -2.09. The van der Waals surface area contributed by atoms with Crippen LogP contribution in [0.4, 0.5) is 5.69 Å². The molecular formula is C19H21NO3. The first-order chi connectivity index (χ1) is 11.2. The third-order valence-corrected chi connectivity index (χ3v) is 3.52. The highest BCUT2D eigenvalue weighted by Gasteiger charge is 2.08. The highest BCUT2D eigenvalue weighted by atomic mass is 16.5. The summed E-state index contributed by atoms with van der Waals surface area (Å²) in [6.45, 7) is 2.06. The molecule has 0 aliphatic carbocycles. The van der Waals surface area contributed by atoms with Crippen molar-refractivity contribution in [2.24, 2.45) is 0 Å². The van der Waals surface area contributed by atoms with Crippen molar-refractivity contribution in [3.8, 4) is 11.5 Å². The van der Waals surface area contributed by atoms with Gasteiger partial charge >= 0.3 is 0 Å². The van der Waals surface area contributed by atoms with Gasteiger partial charge in [-0.1, -0.05) is 31.2 Å². The van der Waals surface area contributed by atoms with Crippen LogP contribution in [0.1, 0.15) is 18.1 Å². The summed E-state index contributed by atoms with van der Waals surface area (Å²) in [5.74, 6) is 1.11. The van der Waals surface area contributed by atoms with Crippen LogP contribution in [0, 0.1) is 0 Å². The topological polar surface area (TPSA) is 47.6 Å². The first-order valence-electron chi connectivity index (χ1n) is 7.47. The van der Waals surface area contributed by atoms with Crippen molar-refractivity contribution in [2.45, 2.75) is 13.3 Å². The lowest BCUT2D eigenvalue weighted by atomic mass is 10.1. The third-order valence-electron chi connectivity index (χ3n) is 3.52. The van der Waals surface area contributed by atoms with Gasteiger partial charge in [-0.2, -0.15) is 0 Å². The number of nitrogens with one attached hydrogen (secondary N) is 1. The Morgan fingerprint density at radius 3 is 2.30 bits per heavy atom. The fourth-order valence-corrected chi connectivity index (χ4v) is 2.33. The molecule has 120 valence electrons. The number of hydrogen-bond donors (Lipinski definition) is 1. The molecule has 0 unspecified atom stereocenters. The van der Waals surface area contributed by atoms with Gasteiger partial charge in [-0.25, -0.2) is 0 Å². The molecule has 2 aromatic carbocycles. The van der Waals surface area contributed by atoms with Crippen LogP contribution in [0.25, 0.3) is 6.08 Å². The molecule has 0 aliphatic rings. The average Bonchev–Trinajstić information content (AvgIpc) is 2.59. The molecule has 0 saturated carbocycles. The molecule has 0 saturated heterocycles. The van der Waals surface area contributed by atoms with Gasteiger partial charge in [-0.3, -0.25) is 4.79 Å². The molecule has 23 heavy (non-hydrogen) atoms. The van der Waals surface area contributed by atoms with Crippen molar-refractivity contribution in [3.05, 3.63) is 59.7 Å². The summed E-state index contributed by atoms with van der Waals surface area (Å²) in [6, 6.07) is 13.3. The summed E-state index contributed by atoms with van der Waals surface area (Å²) in [5, 5.41) is 2.90. The smallest absolute Gasteiger partial charge is 0.248 e. The summed E-state index contributed by atoms with van der Waals surface area (Å²) in [7, 11) is 3.17. The molecule has 2 rings (SSSR count). The number of methoxy groups -OCH3 is 2. The number of ether oxygens (including phenoxy) is 2. The van der Waals surface area contributed by atoms with Crippen molar-refractivity contribution in [1.29, 1.82) is 0 Å². The molecule has 4 heteroatoms. The lowest BCUT2D eigenvalue weighted by molar-refractivity contribution is -0.111. The lowest BCUT2D eigenvalue weighted by Gasteiger charge is -2.10. The second-order valence-electron chi connectivity index (χ2n) is 4.91. The first-order valence-corrected chi connectivity index (χ1v) is 7.47. The fourth-order valence-electron chi connectivity index (χ4n) is 2.33. The van der Waals surface area contributed by atoms with Crippen LogP contribution in [0.15, 0.2) is 48.5 Å². The predicted octanol–water partition coefficient (Wildman–Crippen LogP) is 3.92. The Bertz CT molecular complexity index is 685. The Balaban J connectivity index is 2.19. The van der Waals surface area contributed by atoms with Crippen molar-refractivity contribution in [3.63, 3.8) is 0 Å². The number of hydrogen-bond acceptors (Lipinski definition) is 3. The molecule has 1 N–H and O–H groups in total. The number of carbonyl (C=O) groups is 1. The van der Waals surface area contributed by atoms with E-state index in [4.69, 9.17) is 9.47 Å². The molecule has 0 fully saturated rings. The van der Waals surface area contributed by atoms with Gasteiger partial charge < -0.3 is 14.8 Å². The molecule has 1 amide bonds. The maximum Gasteiger partial charge on any atom is 0.248 e. The van der Waals surface area contributed by atoms with Crippen LogP contribution in [0.2, 0.25) is 0 Å². The van der Waals surface area contributed by atoms with E-state index >= 15 is 0 Å². The normalized spacial score (nSPS) is 10.6. The summed E-state index contributed by atoms with van der Waals surface area (Å²) >= 11 is 0. The quantitative estimate of drug-likeness (QED) is 0.823. The van der Waals surface area contributed by atoms with E-state index in [2.05, 4.69) is 12.2 Å². The van der Waals surface area contributed by atoms with Gasteiger partial charge in [-0.05, 0) is 36.3 Å². The number of carbonyl (C=O) groups excluding carboxylic acids is 1. The van der Waals surface area contributed by atoms with E-state index < -0.39 is 0 Å². The maximum absolute atomic E-state index is 12.2. The van der Waals surface area contributed by atoms with E-state index in [-0.39, 0.29) is 5.91 Å². The van der Waals surface area contributed by atoms with Crippen molar-refractivity contribution >= 4 is 17.7 Å². The molecule has 0 atom stereocenters. The molecule has 2 aromatic rings. The first kappa shape index (κ1) is 16.6. The second-order valence-corrected chi connectivity index (χ2v) is 4.91. The molecular weight excluding hydrogens is 290 g/mol. The largest absolute Gasteiger partial charge is 0.496 e. The van der Waals surface area contributed by atoms with Crippen LogP contribution in [-0.4, -0.2) is 20.1 Å².